The highest BCUT2D eigenvalue weighted by Crippen LogP contribution is 2.44. The Labute approximate surface area is 312 Å². The van der Waals surface area contributed by atoms with E-state index in [2.05, 4.69) is 31.1 Å². The number of nitrogens with two attached hydrogens (primary N) is 1. The fraction of sp³-hybridized carbons (Fsp3) is 0. The first-order chi connectivity index (χ1) is 25.9. The third kappa shape index (κ3) is 8.84. The molecule has 0 radical (unpaired) electrons. The van der Waals surface area contributed by atoms with E-state index in [4.69, 9.17) is 5.73 Å². The van der Waals surface area contributed by atoms with Gasteiger partial charge in [0, 0.05) is 34.2 Å². The van der Waals surface area contributed by atoms with Crippen molar-refractivity contribution in [2.24, 2.45) is 20.5 Å². The number of nitrogen functional groups attached to an aromatic ring is 1. The summed E-state index contributed by atoms with van der Waals surface area (Å²) in [7, 11) is -15.7. The number of fused-ring (bicyclic) bond motifs is 1. The van der Waals surface area contributed by atoms with Gasteiger partial charge in [-0.1, -0.05) is 18.2 Å². The zero-order valence-electron chi connectivity index (χ0n) is 27.6. The fourth-order valence-electron chi connectivity index (χ4n) is 5.17. The first kappa shape index (κ1) is 38.2. The Morgan fingerprint density at radius 3 is 1.82 bits per heavy atom. The van der Waals surface area contributed by atoms with E-state index in [1.54, 1.807) is 12.1 Å². The van der Waals surface area contributed by atoms with Crippen LogP contribution in [-0.2, 0) is 30.4 Å². The molecule has 0 saturated heterocycles. The van der Waals surface area contributed by atoms with Crippen molar-refractivity contribution in [3.05, 3.63) is 109 Å². The van der Waals surface area contributed by atoms with Gasteiger partial charge in [-0.2, -0.15) is 10.2 Å². The molecule has 6 aromatic carbocycles. The number of phenolic OH excluding ortho intramolecular Hbond substituents is 2. The molecule has 55 heavy (non-hydrogen) atoms. The van der Waals surface area contributed by atoms with Crippen LogP contribution in [0.3, 0.4) is 0 Å². The van der Waals surface area contributed by atoms with Gasteiger partial charge in [0.2, 0.25) is 0 Å². The van der Waals surface area contributed by atoms with E-state index in [-0.39, 0.29) is 28.2 Å². The van der Waals surface area contributed by atoms with Crippen LogP contribution in [-0.4, -0.2) is 49.1 Å². The summed E-state index contributed by atoms with van der Waals surface area (Å²) in [6.07, 6.45) is 0. The number of azo groups is 2. The summed E-state index contributed by atoms with van der Waals surface area (Å²) in [4.78, 5) is -2.84. The van der Waals surface area contributed by atoms with E-state index >= 15 is 0 Å². The molecule has 282 valence electrons. The zero-order valence-corrected chi connectivity index (χ0v) is 30.0. The molecule has 0 unspecified atom stereocenters. The van der Waals surface area contributed by atoms with Gasteiger partial charge in [-0.05, 0) is 90.3 Å². The van der Waals surface area contributed by atoms with Crippen molar-refractivity contribution in [1.29, 1.82) is 0 Å². The highest BCUT2D eigenvalue weighted by Gasteiger charge is 2.21. The zero-order chi connectivity index (χ0) is 39.7. The Hall–Kier alpha value is -6.49. The summed E-state index contributed by atoms with van der Waals surface area (Å²) >= 11 is 0. The van der Waals surface area contributed by atoms with Crippen LogP contribution in [0.1, 0.15) is 0 Å². The van der Waals surface area contributed by atoms with Gasteiger partial charge in [0.25, 0.3) is 0 Å². The maximum atomic E-state index is 12.2. The van der Waals surface area contributed by atoms with Gasteiger partial charge in [0.1, 0.15) is 47.5 Å². The van der Waals surface area contributed by atoms with Crippen molar-refractivity contribution >= 4 is 92.3 Å². The van der Waals surface area contributed by atoms with Gasteiger partial charge in [0.05, 0.1) is 31.7 Å². The molecule has 0 bridgehead atoms. The lowest BCUT2D eigenvalue weighted by molar-refractivity contribution is 0.458. The maximum absolute atomic E-state index is 12.2. The third-order valence-electron chi connectivity index (χ3n) is 7.67. The van der Waals surface area contributed by atoms with E-state index in [1.165, 1.54) is 36.4 Å². The molecule has 0 aliphatic carbocycles. The molecule has 0 heterocycles. The summed E-state index contributed by atoms with van der Waals surface area (Å²) < 4.78 is 108. The second-order valence-corrected chi connectivity index (χ2v) is 15.6. The second-order valence-electron chi connectivity index (χ2n) is 11.5. The predicted molar refractivity (Wildman–Crippen MR) is 196 cm³/mol. The van der Waals surface area contributed by atoms with Crippen LogP contribution in [0.5, 0.6) is 11.5 Å². The Bertz CT molecular complexity index is 2870. The van der Waals surface area contributed by atoms with Gasteiger partial charge in [-0.25, -0.2) is 25.3 Å². The number of benzene rings is 6. The van der Waals surface area contributed by atoms with E-state index in [0.29, 0.717) is 35.3 Å². The molecule has 0 aliphatic rings. The SMILES string of the molecule is Nc1cc(S(=O)(=O)[O-])cc2cc(S(=O)(=O)[O-])c(N=Nc3ccc(Nc4ccc(N=Nc5ccc(Nc6ccccc6)cc5O)cc4)c(S(=O)(=O)[O-])c3)c(O)c12. The lowest BCUT2D eigenvalue weighted by Gasteiger charge is -2.17. The summed E-state index contributed by atoms with van der Waals surface area (Å²) in [6.45, 7) is 0. The summed E-state index contributed by atoms with van der Waals surface area (Å²) in [6, 6.07) is 25.3. The Balaban J connectivity index is 1.24. The number of phenols is 2. The van der Waals surface area contributed by atoms with Crippen LogP contribution < -0.4 is 16.4 Å². The van der Waals surface area contributed by atoms with E-state index in [0.717, 1.165) is 17.8 Å². The van der Waals surface area contributed by atoms with Gasteiger partial charge in [-0.15, -0.1) is 10.2 Å². The van der Waals surface area contributed by atoms with Crippen LogP contribution in [0.25, 0.3) is 10.8 Å². The van der Waals surface area contributed by atoms with Crippen molar-refractivity contribution in [3.63, 3.8) is 0 Å². The predicted octanol–water partition coefficient (Wildman–Crippen LogP) is 6.86. The Morgan fingerprint density at radius 1 is 0.564 bits per heavy atom. The molecule has 0 spiro atoms. The fourth-order valence-corrected chi connectivity index (χ4v) is 7.01. The monoisotopic (exact) mass is 802 g/mol. The number of rotatable bonds is 11. The van der Waals surface area contributed by atoms with Gasteiger partial charge in [-0.3, -0.25) is 0 Å². The maximum Gasteiger partial charge on any atom is 0.154 e. The molecule has 21 heteroatoms. The minimum Gasteiger partial charge on any atom is -0.744 e. The van der Waals surface area contributed by atoms with Crippen molar-refractivity contribution < 1.29 is 49.1 Å². The van der Waals surface area contributed by atoms with Crippen LogP contribution in [0.4, 0.5) is 51.2 Å². The van der Waals surface area contributed by atoms with Crippen LogP contribution in [0.15, 0.2) is 144 Å². The minimum atomic E-state index is -5.43. The molecule has 0 amide bonds. The molecular formula is C34H24N7O11S3-3. The molecule has 6 aromatic rings. The highest BCUT2D eigenvalue weighted by molar-refractivity contribution is 7.86. The summed E-state index contributed by atoms with van der Waals surface area (Å²) in [5, 5.41) is 42.0. The number of nitrogens with zero attached hydrogens (tertiary/aromatic N) is 4. The quantitative estimate of drug-likeness (QED) is 0.0507. The number of aromatic hydroxyl groups is 2. The molecule has 0 atom stereocenters. The van der Waals surface area contributed by atoms with E-state index < -0.39 is 67.6 Å². The normalized spacial score (nSPS) is 12.4. The number of para-hydroxylation sites is 1. The van der Waals surface area contributed by atoms with Gasteiger partial charge in [0.15, 0.2) is 5.75 Å². The van der Waals surface area contributed by atoms with Crippen molar-refractivity contribution in [2.45, 2.75) is 14.7 Å². The lowest BCUT2D eigenvalue weighted by Crippen LogP contribution is -2.03. The number of hydrogen-bond donors (Lipinski definition) is 5. The molecule has 6 N–H and O–H groups in total. The van der Waals surface area contributed by atoms with Crippen molar-refractivity contribution in [3.8, 4) is 11.5 Å². The molecule has 0 aliphatic heterocycles. The van der Waals surface area contributed by atoms with Gasteiger partial charge < -0.3 is 40.2 Å². The van der Waals surface area contributed by atoms with Crippen LogP contribution in [0.2, 0.25) is 0 Å². The average molecular weight is 803 g/mol. The number of anilines is 5. The molecule has 0 fully saturated rings. The number of nitrogens with one attached hydrogen (secondary N) is 2. The highest BCUT2D eigenvalue weighted by atomic mass is 32.2. The molecular weight excluding hydrogens is 779 g/mol. The van der Waals surface area contributed by atoms with E-state index in [9.17, 15) is 49.1 Å². The van der Waals surface area contributed by atoms with Crippen LogP contribution in [0, 0.1) is 0 Å². The van der Waals surface area contributed by atoms with Crippen molar-refractivity contribution in [1.82, 2.24) is 0 Å². The average Bonchev–Trinajstić information content (AvgIpc) is 3.11. The third-order valence-corrected chi connectivity index (χ3v) is 10.2. The topological polar surface area (TPSA) is 312 Å². The largest absolute Gasteiger partial charge is 0.744 e. The Kier molecular flexibility index (Phi) is 10.2. The smallest absolute Gasteiger partial charge is 0.154 e. The summed E-state index contributed by atoms with van der Waals surface area (Å²) in [5.41, 5.74) is 6.20. The first-order valence-corrected chi connectivity index (χ1v) is 19.6. The van der Waals surface area contributed by atoms with Crippen LogP contribution >= 0.6 is 0 Å². The van der Waals surface area contributed by atoms with E-state index in [1.807, 2.05) is 30.3 Å². The molecule has 0 aromatic heterocycles. The van der Waals surface area contributed by atoms with Gasteiger partial charge >= 0.3 is 0 Å². The molecule has 0 saturated carbocycles. The lowest BCUT2D eigenvalue weighted by atomic mass is 10.1. The Morgan fingerprint density at radius 2 is 1.18 bits per heavy atom. The first-order valence-electron chi connectivity index (χ1n) is 15.3. The minimum absolute atomic E-state index is 0.123. The summed E-state index contributed by atoms with van der Waals surface area (Å²) in [5.74, 6) is -1.14. The number of hydrogen-bond acceptors (Lipinski definition) is 18. The molecule has 18 nitrogen and oxygen atoms in total. The standard InChI is InChI=1S/C34H27N7O11S3/c35-26-18-25(53(44,45)46)14-19-15-31(55(50,51)52)33(34(43)32(19)26)41-39-24-11-13-28(30(17-24)54(47,48)49)37-21-6-8-22(9-7-21)38-40-27-12-10-23(16-29(27)42)36-20-4-2-1-3-5-20/h1-18,36-37,42-43H,35H2,(H,44,45,46)(H,47,48,49)(H,50,51,52)/p-3. The second kappa shape index (κ2) is 14.7. The van der Waals surface area contributed by atoms with Crippen molar-refractivity contribution in [2.75, 3.05) is 16.4 Å². The molecule has 6 rings (SSSR count).